The van der Waals surface area contributed by atoms with E-state index in [9.17, 15) is 9.59 Å². The Morgan fingerprint density at radius 3 is 2.57 bits per heavy atom. The van der Waals surface area contributed by atoms with Crippen molar-refractivity contribution in [3.05, 3.63) is 35.9 Å². The molecule has 0 saturated carbocycles. The van der Waals surface area contributed by atoms with E-state index in [1.54, 1.807) is 13.2 Å². The predicted molar refractivity (Wildman–Crippen MR) is 90.4 cm³/mol. The van der Waals surface area contributed by atoms with Gasteiger partial charge in [0.15, 0.2) is 0 Å². The van der Waals surface area contributed by atoms with Gasteiger partial charge in [-0.1, -0.05) is 37.5 Å². The first-order valence-corrected chi connectivity index (χ1v) is 7.94. The molecule has 126 valence electrons. The molecule has 0 aliphatic carbocycles. The van der Waals surface area contributed by atoms with Gasteiger partial charge in [-0.25, -0.2) is 0 Å². The van der Waals surface area contributed by atoms with E-state index in [-0.39, 0.29) is 12.3 Å². The van der Waals surface area contributed by atoms with Crippen molar-refractivity contribution in [3.8, 4) is 5.75 Å². The minimum absolute atomic E-state index is 0.123. The van der Waals surface area contributed by atoms with E-state index in [0.717, 1.165) is 43.4 Å². The third-order valence-corrected chi connectivity index (χ3v) is 3.42. The molecule has 0 radical (unpaired) electrons. The van der Waals surface area contributed by atoms with Crippen LogP contribution in [-0.4, -0.2) is 30.6 Å². The van der Waals surface area contributed by atoms with Crippen molar-refractivity contribution in [2.45, 2.75) is 38.5 Å². The lowest BCUT2D eigenvalue weighted by atomic mass is 10.1. The molecule has 0 bridgehead atoms. The van der Waals surface area contributed by atoms with E-state index >= 15 is 0 Å². The molecule has 5 heteroatoms. The van der Waals surface area contributed by atoms with E-state index in [4.69, 9.17) is 9.84 Å². The summed E-state index contributed by atoms with van der Waals surface area (Å²) in [6.45, 7) is 0.633. The molecular formula is C18H25NO4. The van der Waals surface area contributed by atoms with Crippen LogP contribution in [0.25, 0.3) is 6.08 Å². The van der Waals surface area contributed by atoms with Crippen LogP contribution in [0.2, 0.25) is 0 Å². The van der Waals surface area contributed by atoms with Gasteiger partial charge in [0.2, 0.25) is 5.91 Å². The highest BCUT2D eigenvalue weighted by atomic mass is 16.5. The van der Waals surface area contributed by atoms with Crippen LogP contribution in [0, 0.1) is 0 Å². The summed E-state index contributed by atoms with van der Waals surface area (Å²) in [5.74, 6) is -0.126. The molecule has 5 nitrogen and oxygen atoms in total. The molecule has 0 aromatic heterocycles. The van der Waals surface area contributed by atoms with Crippen LogP contribution in [0.15, 0.2) is 30.3 Å². The Hall–Kier alpha value is -2.30. The Bertz CT molecular complexity index is 526. The number of hydrogen-bond donors (Lipinski definition) is 2. The molecule has 0 fully saturated rings. The van der Waals surface area contributed by atoms with E-state index < -0.39 is 5.97 Å². The average Bonchev–Trinajstić information content (AvgIpc) is 2.55. The number of unbranched alkanes of at least 4 members (excludes halogenated alkanes) is 4. The first-order chi connectivity index (χ1) is 11.1. The fraction of sp³-hybridized carbons (Fsp3) is 0.444. The highest BCUT2D eigenvalue weighted by Gasteiger charge is 2.00. The average molecular weight is 319 g/mol. The van der Waals surface area contributed by atoms with Crippen molar-refractivity contribution in [3.63, 3.8) is 0 Å². The van der Waals surface area contributed by atoms with Gasteiger partial charge in [0.1, 0.15) is 5.75 Å². The molecule has 1 amide bonds. The number of para-hydroxylation sites is 1. The maximum atomic E-state index is 11.7. The van der Waals surface area contributed by atoms with E-state index in [0.29, 0.717) is 6.54 Å². The second-order valence-corrected chi connectivity index (χ2v) is 5.28. The van der Waals surface area contributed by atoms with Crippen molar-refractivity contribution in [1.82, 2.24) is 5.32 Å². The van der Waals surface area contributed by atoms with E-state index in [1.807, 2.05) is 24.3 Å². The van der Waals surface area contributed by atoms with Gasteiger partial charge in [0.25, 0.3) is 0 Å². The number of carboxylic acid groups (broad SMARTS) is 1. The predicted octanol–water partition coefficient (Wildman–Crippen LogP) is 3.25. The van der Waals surface area contributed by atoms with Crippen molar-refractivity contribution in [2.24, 2.45) is 0 Å². The van der Waals surface area contributed by atoms with Crippen LogP contribution in [0.5, 0.6) is 5.75 Å². The molecule has 0 saturated heterocycles. The molecule has 0 atom stereocenters. The topological polar surface area (TPSA) is 75.6 Å². The lowest BCUT2D eigenvalue weighted by Gasteiger charge is -2.04. The number of aliphatic carboxylic acids is 1. The molecule has 1 aromatic carbocycles. The number of amides is 1. The zero-order chi connectivity index (χ0) is 16.9. The molecule has 0 aliphatic heterocycles. The number of carbonyl (C=O) groups excluding carboxylic acids is 1. The molecule has 0 aliphatic rings. The number of carbonyl (C=O) groups is 2. The monoisotopic (exact) mass is 319 g/mol. The van der Waals surface area contributed by atoms with Gasteiger partial charge >= 0.3 is 5.97 Å². The molecule has 0 spiro atoms. The minimum Gasteiger partial charge on any atom is -0.496 e. The third kappa shape index (κ3) is 8.66. The summed E-state index contributed by atoms with van der Waals surface area (Å²) in [5, 5.41) is 11.4. The number of hydrogen-bond acceptors (Lipinski definition) is 3. The molecule has 0 heterocycles. The van der Waals surface area contributed by atoms with Gasteiger partial charge in [-0.2, -0.15) is 0 Å². The van der Waals surface area contributed by atoms with Crippen LogP contribution >= 0.6 is 0 Å². The summed E-state index contributed by atoms with van der Waals surface area (Å²) in [5.41, 5.74) is 0.864. The molecule has 1 aromatic rings. The fourth-order valence-corrected chi connectivity index (χ4v) is 2.17. The van der Waals surface area contributed by atoms with Crippen molar-refractivity contribution in [1.29, 1.82) is 0 Å². The summed E-state index contributed by atoms with van der Waals surface area (Å²) in [6, 6.07) is 7.51. The summed E-state index contributed by atoms with van der Waals surface area (Å²) < 4.78 is 5.22. The minimum atomic E-state index is -0.737. The lowest BCUT2D eigenvalue weighted by Crippen LogP contribution is -2.21. The van der Waals surface area contributed by atoms with Crippen LogP contribution in [0.3, 0.4) is 0 Å². The number of nitrogens with one attached hydrogen (secondary N) is 1. The molecule has 2 N–H and O–H groups in total. The number of carboxylic acids is 1. The standard InChI is InChI=1S/C18H25NO4/c1-23-16-10-7-6-9-15(16)12-13-17(20)19-14-8-4-2-3-5-11-18(21)22/h6-7,9-10,12-13H,2-5,8,11,14H2,1H3,(H,19,20)(H,21,22). The van der Waals surface area contributed by atoms with Crippen molar-refractivity contribution >= 4 is 18.0 Å². The largest absolute Gasteiger partial charge is 0.496 e. The molecule has 23 heavy (non-hydrogen) atoms. The smallest absolute Gasteiger partial charge is 0.303 e. The van der Waals surface area contributed by atoms with E-state index in [1.165, 1.54) is 6.08 Å². The number of methoxy groups -OCH3 is 1. The van der Waals surface area contributed by atoms with Crippen LogP contribution < -0.4 is 10.1 Å². The lowest BCUT2D eigenvalue weighted by molar-refractivity contribution is -0.137. The third-order valence-electron chi connectivity index (χ3n) is 3.42. The fourth-order valence-electron chi connectivity index (χ4n) is 2.17. The summed E-state index contributed by atoms with van der Waals surface area (Å²) >= 11 is 0. The highest BCUT2D eigenvalue weighted by molar-refractivity contribution is 5.92. The van der Waals surface area contributed by atoms with Crippen LogP contribution in [-0.2, 0) is 9.59 Å². The Kier molecular flexibility index (Phi) is 9.20. The first kappa shape index (κ1) is 18.7. The second kappa shape index (κ2) is 11.3. The summed E-state index contributed by atoms with van der Waals surface area (Å²) in [4.78, 5) is 22.1. The van der Waals surface area contributed by atoms with Gasteiger partial charge in [-0.05, 0) is 25.0 Å². The van der Waals surface area contributed by atoms with E-state index in [2.05, 4.69) is 5.32 Å². The second-order valence-electron chi connectivity index (χ2n) is 5.28. The van der Waals surface area contributed by atoms with Gasteiger partial charge in [0.05, 0.1) is 7.11 Å². The van der Waals surface area contributed by atoms with Gasteiger partial charge < -0.3 is 15.2 Å². The Morgan fingerprint density at radius 1 is 1.13 bits per heavy atom. The quantitative estimate of drug-likeness (QED) is 0.485. The first-order valence-electron chi connectivity index (χ1n) is 7.94. The van der Waals surface area contributed by atoms with Gasteiger partial charge in [-0.15, -0.1) is 0 Å². The van der Waals surface area contributed by atoms with Crippen molar-refractivity contribution in [2.75, 3.05) is 13.7 Å². The Morgan fingerprint density at radius 2 is 1.83 bits per heavy atom. The maximum absolute atomic E-state index is 11.7. The SMILES string of the molecule is COc1ccccc1C=CC(=O)NCCCCCCCC(=O)O. The van der Waals surface area contributed by atoms with Gasteiger partial charge in [-0.3, -0.25) is 9.59 Å². The van der Waals surface area contributed by atoms with Crippen LogP contribution in [0.4, 0.5) is 0 Å². The van der Waals surface area contributed by atoms with Gasteiger partial charge in [0, 0.05) is 24.6 Å². The Balaban J connectivity index is 2.15. The summed E-state index contributed by atoms with van der Waals surface area (Å²) in [6.07, 6.45) is 8.03. The molecule has 0 unspecified atom stereocenters. The normalized spacial score (nSPS) is 10.7. The maximum Gasteiger partial charge on any atom is 0.303 e. The van der Waals surface area contributed by atoms with Crippen molar-refractivity contribution < 1.29 is 19.4 Å². The Labute approximate surface area is 137 Å². The molecule has 1 rings (SSSR count). The summed E-state index contributed by atoms with van der Waals surface area (Å²) in [7, 11) is 1.60. The zero-order valence-corrected chi connectivity index (χ0v) is 13.6. The molecular weight excluding hydrogens is 294 g/mol. The number of benzene rings is 1. The number of ether oxygens (including phenoxy) is 1. The zero-order valence-electron chi connectivity index (χ0n) is 13.6. The van der Waals surface area contributed by atoms with Crippen LogP contribution in [0.1, 0.15) is 44.1 Å². The number of rotatable bonds is 11. The highest BCUT2D eigenvalue weighted by Crippen LogP contribution is 2.18.